The molecule has 36 heavy (non-hydrogen) atoms. The van der Waals surface area contributed by atoms with Crippen LogP contribution in [0.5, 0.6) is 11.5 Å². The van der Waals surface area contributed by atoms with Crippen molar-refractivity contribution in [2.24, 2.45) is 0 Å². The predicted octanol–water partition coefficient (Wildman–Crippen LogP) is 8.68. The van der Waals surface area contributed by atoms with E-state index in [1.165, 1.54) is 25.3 Å². The molecule has 0 saturated carbocycles. The van der Waals surface area contributed by atoms with E-state index < -0.39 is 11.6 Å². The van der Waals surface area contributed by atoms with Gasteiger partial charge in [0, 0.05) is 5.56 Å². The van der Waals surface area contributed by atoms with E-state index in [0.717, 1.165) is 44.9 Å². The first kappa shape index (κ1) is 31.1. The monoisotopic (exact) mass is 504 g/mol. The Bertz CT molecular complexity index is 853. The van der Waals surface area contributed by atoms with Crippen LogP contribution in [0.25, 0.3) is 11.1 Å². The van der Waals surface area contributed by atoms with E-state index in [1.54, 1.807) is 36.4 Å². The molecule has 0 aromatic heterocycles. The average molecular weight is 505 g/mol. The fourth-order valence-electron chi connectivity index (χ4n) is 3.54. The second kappa shape index (κ2) is 20.3. The van der Waals surface area contributed by atoms with Crippen LogP contribution in [-0.2, 0) is 9.53 Å². The van der Waals surface area contributed by atoms with E-state index in [2.05, 4.69) is 18.2 Å². The van der Waals surface area contributed by atoms with Crippen LogP contribution in [0.3, 0.4) is 0 Å². The Morgan fingerprint density at radius 3 is 1.92 bits per heavy atom. The van der Waals surface area contributed by atoms with Crippen molar-refractivity contribution in [3.8, 4) is 22.6 Å². The van der Waals surface area contributed by atoms with Crippen molar-refractivity contribution in [1.82, 2.24) is 0 Å². The molecule has 0 aliphatic heterocycles. The van der Waals surface area contributed by atoms with Crippen LogP contribution >= 0.6 is 0 Å². The maximum Gasteiger partial charge on any atom is 0.293 e. The molecule has 0 bridgehead atoms. The summed E-state index contributed by atoms with van der Waals surface area (Å²) in [6.45, 7) is 9.30. The molecule has 0 fully saturated rings. The summed E-state index contributed by atoms with van der Waals surface area (Å²) >= 11 is 0. The SMILES string of the molecule is C=CC.CCCCCCCCOc1ccc(-c2ccc(OCCCCCCOC=O)cc2)c(F)c1F. The average Bonchev–Trinajstić information content (AvgIpc) is 2.88. The zero-order valence-corrected chi connectivity index (χ0v) is 21.9. The van der Waals surface area contributed by atoms with Crippen LogP contribution in [0, 0.1) is 11.6 Å². The number of allylic oxidation sites excluding steroid dienone is 1. The highest BCUT2D eigenvalue weighted by Crippen LogP contribution is 2.31. The van der Waals surface area contributed by atoms with E-state index in [1.807, 2.05) is 6.92 Å². The van der Waals surface area contributed by atoms with E-state index in [9.17, 15) is 13.6 Å². The molecular formula is C30H42F2O4. The molecule has 0 radical (unpaired) electrons. The molecule has 2 aromatic carbocycles. The third kappa shape index (κ3) is 12.7. The van der Waals surface area contributed by atoms with Crippen LogP contribution in [-0.4, -0.2) is 26.3 Å². The van der Waals surface area contributed by atoms with Gasteiger partial charge in [0.05, 0.1) is 19.8 Å². The molecular weight excluding hydrogens is 462 g/mol. The van der Waals surface area contributed by atoms with Gasteiger partial charge in [-0.2, -0.15) is 4.39 Å². The standard InChI is InChI=1S/C27H36F2O4.C3H6/c1-2-3-4-5-6-11-20-33-25-17-16-24(26(28)27(25)29)22-12-14-23(15-13-22)32-19-10-8-7-9-18-31-21-30;1-3-2/h12-17,21H,2-11,18-20H2,1H3;3H,1H2,2H3. The quantitative estimate of drug-likeness (QED) is 0.116. The summed E-state index contributed by atoms with van der Waals surface area (Å²) in [5.74, 6) is -1.20. The van der Waals surface area contributed by atoms with Gasteiger partial charge < -0.3 is 14.2 Å². The number of carbonyl (C=O) groups is 1. The highest BCUT2D eigenvalue weighted by Gasteiger charge is 2.16. The van der Waals surface area contributed by atoms with Crippen molar-refractivity contribution in [2.45, 2.75) is 78.1 Å². The van der Waals surface area contributed by atoms with Gasteiger partial charge in [-0.1, -0.05) is 57.2 Å². The van der Waals surface area contributed by atoms with Crippen LogP contribution in [0.2, 0.25) is 0 Å². The maximum absolute atomic E-state index is 14.6. The van der Waals surface area contributed by atoms with Crippen molar-refractivity contribution in [3.05, 3.63) is 60.7 Å². The molecule has 0 N–H and O–H groups in total. The van der Waals surface area contributed by atoms with Gasteiger partial charge in [-0.3, -0.25) is 4.79 Å². The van der Waals surface area contributed by atoms with Gasteiger partial charge in [-0.05, 0) is 68.9 Å². The first-order chi connectivity index (χ1) is 17.6. The lowest BCUT2D eigenvalue weighted by molar-refractivity contribution is -0.128. The predicted molar refractivity (Wildman–Crippen MR) is 143 cm³/mol. The molecule has 0 heterocycles. The van der Waals surface area contributed by atoms with Crippen molar-refractivity contribution in [1.29, 1.82) is 0 Å². The Morgan fingerprint density at radius 2 is 1.31 bits per heavy atom. The Morgan fingerprint density at radius 1 is 0.750 bits per heavy atom. The Balaban J connectivity index is 0.00000205. The second-order valence-electron chi connectivity index (χ2n) is 8.52. The normalized spacial score (nSPS) is 10.2. The molecule has 2 aromatic rings. The van der Waals surface area contributed by atoms with Crippen LogP contribution in [0.15, 0.2) is 49.1 Å². The van der Waals surface area contributed by atoms with Gasteiger partial charge in [-0.25, -0.2) is 4.39 Å². The van der Waals surface area contributed by atoms with Gasteiger partial charge in [0.15, 0.2) is 11.6 Å². The number of hydrogen-bond donors (Lipinski definition) is 0. The number of carbonyl (C=O) groups excluding carboxylic acids is 1. The van der Waals surface area contributed by atoms with Crippen LogP contribution < -0.4 is 9.47 Å². The summed E-state index contributed by atoms with van der Waals surface area (Å²) in [6, 6.07) is 10.0. The van der Waals surface area contributed by atoms with Gasteiger partial charge in [0.2, 0.25) is 5.82 Å². The molecule has 6 heteroatoms. The fourth-order valence-corrected chi connectivity index (χ4v) is 3.54. The topological polar surface area (TPSA) is 44.8 Å². The van der Waals surface area contributed by atoms with E-state index in [-0.39, 0.29) is 11.3 Å². The summed E-state index contributed by atoms with van der Waals surface area (Å²) in [5.41, 5.74) is 0.778. The van der Waals surface area contributed by atoms with E-state index >= 15 is 0 Å². The third-order valence-corrected chi connectivity index (χ3v) is 5.46. The fraction of sp³-hybridized carbons (Fsp3) is 0.500. The lowest BCUT2D eigenvalue weighted by Crippen LogP contribution is -2.02. The summed E-state index contributed by atoms with van der Waals surface area (Å²) in [6.07, 6.45) is 12.1. The molecule has 0 aliphatic rings. The summed E-state index contributed by atoms with van der Waals surface area (Å²) < 4.78 is 45.0. The number of ether oxygens (including phenoxy) is 3. The minimum atomic E-state index is -0.947. The number of rotatable bonds is 18. The molecule has 200 valence electrons. The third-order valence-electron chi connectivity index (χ3n) is 5.46. The maximum atomic E-state index is 14.6. The van der Waals surface area contributed by atoms with Crippen molar-refractivity contribution in [3.63, 3.8) is 0 Å². The van der Waals surface area contributed by atoms with Crippen LogP contribution in [0.4, 0.5) is 8.78 Å². The summed E-state index contributed by atoms with van der Waals surface area (Å²) in [4.78, 5) is 10.1. The van der Waals surface area contributed by atoms with E-state index in [0.29, 0.717) is 37.6 Å². The molecule has 0 amide bonds. The molecule has 0 saturated heterocycles. The van der Waals surface area contributed by atoms with Gasteiger partial charge >= 0.3 is 0 Å². The Hall–Kier alpha value is -2.89. The minimum absolute atomic E-state index is 0.0394. The zero-order chi connectivity index (χ0) is 26.4. The highest BCUT2D eigenvalue weighted by atomic mass is 19.2. The molecule has 0 unspecified atom stereocenters. The van der Waals surface area contributed by atoms with Crippen molar-refractivity contribution < 1.29 is 27.8 Å². The highest BCUT2D eigenvalue weighted by molar-refractivity contribution is 5.66. The smallest absolute Gasteiger partial charge is 0.293 e. The number of halogens is 2. The molecule has 0 spiro atoms. The lowest BCUT2D eigenvalue weighted by atomic mass is 10.0. The first-order valence-corrected chi connectivity index (χ1v) is 13.0. The van der Waals surface area contributed by atoms with Gasteiger partial charge in [-0.15, -0.1) is 6.58 Å². The largest absolute Gasteiger partial charge is 0.494 e. The minimum Gasteiger partial charge on any atom is -0.494 e. The molecule has 4 nitrogen and oxygen atoms in total. The van der Waals surface area contributed by atoms with Crippen LogP contribution in [0.1, 0.15) is 78.1 Å². The summed E-state index contributed by atoms with van der Waals surface area (Å²) in [7, 11) is 0. The number of hydrogen-bond acceptors (Lipinski definition) is 4. The zero-order valence-electron chi connectivity index (χ0n) is 21.9. The molecule has 0 atom stereocenters. The van der Waals surface area contributed by atoms with Crippen molar-refractivity contribution >= 4 is 6.47 Å². The summed E-state index contributed by atoms with van der Waals surface area (Å²) in [5, 5.41) is 0. The molecule has 0 aliphatic carbocycles. The second-order valence-corrected chi connectivity index (χ2v) is 8.52. The Kier molecular flexibility index (Phi) is 17.6. The number of unbranched alkanes of at least 4 members (excludes halogenated alkanes) is 8. The molecule has 2 rings (SSSR count). The van der Waals surface area contributed by atoms with Gasteiger partial charge in [0.1, 0.15) is 5.75 Å². The number of benzene rings is 2. The lowest BCUT2D eigenvalue weighted by Gasteiger charge is -2.11. The van der Waals surface area contributed by atoms with E-state index in [4.69, 9.17) is 9.47 Å². The first-order valence-electron chi connectivity index (χ1n) is 13.0. The van der Waals surface area contributed by atoms with Gasteiger partial charge in [0.25, 0.3) is 6.47 Å². The van der Waals surface area contributed by atoms with Crippen molar-refractivity contribution in [2.75, 3.05) is 19.8 Å². The Labute approximate surface area is 215 Å².